The van der Waals surface area contributed by atoms with E-state index in [1.807, 2.05) is 12.1 Å². The van der Waals surface area contributed by atoms with Gasteiger partial charge in [-0.05, 0) is 35.7 Å². The lowest BCUT2D eigenvalue weighted by Gasteiger charge is -2.07. The van der Waals surface area contributed by atoms with Gasteiger partial charge in [0, 0.05) is 18.9 Å². The number of aromatic carboxylic acids is 1. The zero-order chi connectivity index (χ0) is 15.1. The molecule has 1 amide bonds. The molecule has 1 aromatic carbocycles. The molecule has 1 heterocycles. The molecule has 5 heteroatoms. The van der Waals surface area contributed by atoms with E-state index in [1.54, 1.807) is 30.6 Å². The molecule has 108 valence electrons. The number of hydrogen-bond donors (Lipinski definition) is 2. The van der Waals surface area contributed by atoms with Crippen molar-refractivity contribution in [3.8, 4) is 0 Å². The molecule has 0 radical (unpaired) electrons. The van der Waals surface area contributed by atoms with Crippen molar-refractivity contribution in [3.63, 3.8) is 0 Å². The monoisotopic (exact) mass is 284 g/mol. The highest BCUT2D eigenvalue weighted by atomic mass is 16.4. The highest BCUT2D eigenvalue weighted by Gasteiger charge is 2.11. The molecule has 21 heavy (non-hydrogen) atoms. The molecule has 5 nitrogen and oxygen atoms in total. The number of amides is 1. The quantitative estimate of drug-likeness (QED) is 0.846. The van der Waals surface area contributed by atoms with Crippen molar-refractivity contribution in [2.45, 2.75) is 12.8 Å². The fourth-order valence-electron chi connectivity index (χ4n) is 2.01. The lowest BCUT2D eigenvalue weighted by Crippen LogP contribution is -2.27. The van der Waals surface area contributed by atoms with E-state index in [0.717, 1.165) is 12.0 Å². The van der Waals surface area contributed by atoms with E-state index in [2.05, 4.69) is 10.3 Å². The van der Waals surface area contributed by atoms with Gasteiger partial charge < -0.3 is 10.4 Å². The third-order valence-electron chi connectivity index (χ3n) is 3.08. The summed E-state index contributed by atoms with van der Waals surface area (Å²) in [7, 11) is 0. The van der Waals surface area contributed by atoms with Crippen LogP contribution >= 0.6 is 0 Å². The minimum Gasteiger partial charge on any atom is -0.478 e. The maximum atomic E-state index is 11.9. The van der Waals surface area contributed by atoms with Crippen LogP contribution in [-0.2, 0) is 17.6 Å². The molecule has 0 aliphatic heterocycles. The molecule has 0 unspecified atom stereocenters. The zero-order valence-electron chi connectivity index (χ0n) is 11.5. The first-order valence-electron chi connectivity index (χ1n) is 6.63. The summed E-state index contributed by atoms with van der Waals surface area (Å²) in [5.74, 6) is -1.20. The van der Waals surface area contributed by atoms with Crippen LogP contribution in [0, 0.1) is 0 Å². The largest absolute Gasteiger partial charge is 0.478 e. The highest BCUT2D eigenvalue weighted by Crippen LogP contribution is 2.09. The lowest BCUT2D eigenvalue weighted by atomic mass is 10.0. The van der Waals surface area contributed by atoms with Gasteiger partial charge in [0.2, 0.25) is 5.91 Å². The summed E-state index contributed by atoms with van der Waals surface area (Å²) in [4.78, 5) is 26.9. The maximum Gasteiger partial charge on any atom is 0.335 e. The third kappa shape index (κ3) is 4.42. The van der Waals surface area contributed by atoms with Crippen LogP contribution in [0.4, 0.5) is 0 Å². The SMILES string of the molecule is O=C(Cc1ccccc1C(=O)O)NCCc1ccncc1. The van der Waals surface area contributed by atoms with Crippen LogP contribution in [0.5, 0.6) is 0 Å². The summed E-state index contributed by atoms with van der Waals surface area (Å²) in [6.07, 6.45) is 4.20. The minimum absolute atomic E-state index is 0.0683. The predicted molar refractivity (Wildman–Crippen MR) is 78.1 cm³/mol. The molecule has 0 atom stereocenters. The van der Waals surface area contributed by atoms with E-state index in [0.29, 0.717) is 12.1 Å². The number of carboxylic acids is 1. The zero-order valence-corrected chi connectivity index (χ0v) is 11.5. The second-order valence-corrected chi connectivity index (χ2v) is 4.59. The van der Waals surface area contributed by atoms with Gasteiger partial charge in [0.05, 0.1) is 12.0 Å². The molecule has 0 spiro atoms. The van der Waals surface area contributed by atoms with Crippen molar-refractivity contribution in [3.05, 3.63) is 65.5 Å². The Morgan fingerprint density at radius 1 is 1.10 bits per heavy atom. The third-order valence-corrected chi connectivity index (χ3v) is 3.08. The number of nitrogens with one attached hydrogen (secondary N) is 1. The van der Waals surface area contributed by atoms with Crippen molar-refractivity contribution < 1.29 is 14.7 Å². The Hall–Kier alpha value is -2.69. The van der Waals surface area contributed by atoms with Gasteiger partial charge in [0.25, 0.3) is 0 Å². The van der Waals surface area contributed by atoms with Crippen LogP contribution in [0.1, 0.15) is 21.5 Å². The molecule has 2 aromatic rings. The van der Waals surface area contributed by atoms with Gasteiger partial charge in [-0.2, -0.15) is 0 Å². The van der Waals surface area contributed by atoms with Crippen LogP contribution in [-0.4, -0.2) is 28.5 Å². The van der Waals surface area contributed by atoms with Crippen molar-refractivity contribution in [2.75, 3.05) is 6.54 Å². The molecule has 0 aliphatic carbocycles. The average Bonchev–Trinajstić information content (AvgIpc) is 2.48. The number of benzene rings is 1. The number of hydrogen-bond acceptors (Lipinski definition) is 3. The van der Waals surface area contributed by atoms with Crippen LogP contribution < -0.4 is 5.32 Å². The van der Waals surface area contributed by atoms with Gasteiger partial charge >= 0.3 is 5.97 Å². The Bertz CT molecular complexity index is 626. The van der Waals surface area contributed by atoms with Gasteiger partial charge in [-0.25, -0.2) is 4.79 Å². The Morgan fingerprint density at radius 3 is 2.52 bits per heavy atom. The van der Waals surface area contributed by atoms with E-state index in [4.69, 9.17) is 5.11 Å². The fraction of sp³-hybridized carbons (Fsp3) is 0.188. The van der Waals surface area contributed by atoms with E-state index in [9.17, 15) is 9.59 Å². The standard InChI is InChI=1S/C16H16N2O3/c19-15(18-10-7-12-5-8-17-9-6-12)11-13-3-1-2-4-14(13)16(20)21/h1-6,8-9H,7,10-11H2,(H,18,19)(H,20,21). The molecule has 0 aliphatic rings. The number of pyridine rings is 1. The summed E-state index contributed by atoms with van der Waals surface area (Å²) in [6.45, 7) is 0.512. The normalized spacial score (nSPS) is 10.1. The molecule has 0 fully saturated rings. The number of nitrogens with zero attached hydrogens (tertiary/aromatic N) is 1. The number of aromatic nitrogens is 1. The summed E-state index contributed by atoms with van der Waals surface area (Å²) >= 11 is 0. The van der Waals surface area contributed by atoms with E-state index < -0.39 is 5.97 Å². The van der Waals surface area contributed by atoms with Gasteiger partial charge in [-0.15, -0.1) is 0 Å². The molecular formula is C16H16N2O3. The first-order valence-corrected chi connectivity index (χ1v) is 6.63. The Morgan fingerprint density at radius 2 is 1.81 bits per heavy atom. The van der Waals surface area contributed by atoms with Crippen LogP contribution in [0.2, 0.25) is 0 Å². The predicted octanol–water partition coefficient (Wildman–Crippen LogP) is 1.68. The van der Waals surface area contributed by atoms with Crippen LogP contribution in [0.15, 0.2) is 48.8 Å². The molecule has 0 saturated heterocycles. The number of rotatable bonds is 6. The van der Waals surface area contributed by atoms with Crippen molar-refractivity contribution >= 4 is 11.9 Å². The molecular weight excluding hydrogens is 268 g/mol. The van der Waals surface area contributed by atoms with E-state index >= 15 is 0 Å². The van der Waals surface area contributed by atoms with Crippen molar-refractivity contribution in [1.82, 2.24) is 10.3 Å². The minimum atomic E-state index is -1.02. The Kier molecular flexibility index (Phi) is 5.04. The van der Waals surface area contributed by atoms with Crippen molar-refractivity contribution in [2.24, 2.45) is 0 Å². The molecule has 1 aromatic heterocycles. The number of carbonyl (C=O) groups excluding carboxylic acids is 1. The second kappa shape index (κ2) is 7.19. The van der Waals surface area contributed by atoms with E-state index in [-0.39, 0.29) is 17.9 Å². The number of carbonyl (C=O) groups is 2. The highest BCUT2D eigenvalue weighted by molar-refractivity contribution is 5.91. The smallest absolute Gasteiger partial charge is 0.335 e. The topological polar surface area (TPSA) is 79.3 Å². The molecule has 2 rings (SSSR count). The first-order chi connectivity index (χ1) is 10.2. The molecule has 0 saturated carbocycles. The Labute approximate surface area is 122 Å². The maximum absolute atomic E-state index is 11.9. The average molecular weight is 284 g/mol. The molecule has 0 bridgehead atoms. The Balaban J connectivity index is 1.86. The summed E-state index contributed by atoms with van der Waals surface area (Å²) in [5.41, 5.74) is 1.78. The van der Waals surface area contributed by atoms with Crippen LogP contribution in [0.3, 0.4) is 0 Å². The summed E-state index contributed by atoms with van der Waals surface area (Å²) < 4.78 is 0. The van der Waals surface area contributed by atoms with Gasteiger partial charge in [-0.3, -0.25) is 9.78 Å². The second-order valence-electron chi connectivity index (χ2n) is 4.59. The van der Waals surface area contributed by atoms with Crippen molar-refractivity contribution in [1.29, 1.82) is 0 Å². The van der Waals surface area contributed by atoms with Gasteiger partial charge in [0.15, 0.2) is 0 Å². The van der Waals surface area contributed by atoms with E-state index in [1.165, 1.54) is 6.07 Å². The van der Waals surface area contributed by atoms with Gasteiger partial charge in [-0.1, -0.05) is 18.2 Å². The molecule has 2 N–H and O–H groups in total. The number of carboxylic acid groups (broad SMARTS) is 1. The van der Waals surface area contributed by atoms with Gasteiger partial charge in [0.1, 0.15) is 0 Å². The fourth-order valence-corrected chi connectivity index (χ4v) is 2.01. The summed E-state index contributed by atoms with van der Waals surface area (Å²) in [5, 5.41) is 11.9. The van der Waals surface area contributed by atoms with Crippen LogP contribution in [0.25, 0.3) is 0 Å². The first kappa shape index (κ1) is 14.7. The summed E-state index contributed by atoms with van der Waals surface area (Å²) in [6, 6.07) is 10.3. The lowest BCUT2D eigenvalue weighted by molar-refractivity contribution is -0.120.